The summed E-state index contributed by atoms with van der Waals surface area (Å²) in [5.41, 5.74) is 1.22. The first-order valence-corrected chi connectivity index (χ1v) is 3.92. The van der Waals surface area contributed by atoms with E-state index < -0.39 is 12.1 Å². The van der Waals surface area contributed by atoms with Crippen LogP contribution in [-0.2, 0) is 11.2 Å². The Labute approximate surface area is 78.0 Å². The lowest BCUT2D eigenvalue weighted by Crippen LogP contribution is -1.99. The Bertz CT molecular complexity index is 492. The van der Waals surface area contributed by atoms with E-state index in [9.17, 15) is 9.18 Å². The normalized spacial score (nSPS) is 10.6. The van der Waals surface area contributed by atoms with Crippen molar-refractivity contribution >= 4 is 17.1 Å². The Morgan fingerprint density at radius 3 is 3.07 bits per heavy atom. The Hall–Kier alpha value is -1.91. The second-order valence-corrected chi connectivity index (χ2v) is 2.84. The van der Waals surface area contributed by atoms with Crippen molar-refractivity contribution in [2.75, 3.05) is 0 Å². The number of carbonyl (C=O) groups is 1. The molecule has 0 aliphatic carbocycles. The molecule has 0 saturated heterocycles. The summed E-state index contributed by atoms with van der Waals surface area (Å²) in [6, 6.07) is 4.57. The van der Waals surface area contributed by atoms with Gasteiger partial charge in [0.05, 0.1) is 6.42 Å². The first-order chi connectivity index (χ1) is 6.65. The molecule has 0 aliphatic rings. The van der Waals surface area contributed by atoms with Crippen LogP contribution in [-0.4, -0.2) is 16.1 Å². The van der Waals surface area contributed by atoms with Crippen LogP contribution in [0.4, 0.5) is 4.39 Å². The highest BCUT2D eigenvalue weighted by Gasteiger charge is 2.06. The monoisotopic (exact) mass is 195 g/mol. The Morgan fingerprint density at radius 2 is 2.36 bits per heavy atom. The minimum atomic E-state index is -0.937. The van der Waals surface area contributed by atoms with E-state index in [1.54, 1.807) is 6.07 Å². The van der Waals surface area contributed by atoms with Gasteiger partial charge in [0, 0.05) is 0 Å². The molecule has 0 saturated carbocycles. The molecular weight excluding hydrogens is 189 g/mol. The number of fused-ring (bicyclic) bond motifs is 1. The van der Waals surface area contributed by atoms with Gasteiger partial charge in [-0.05, 0) is 17.7 Å². The van der Waals surface area contributed by atoms with Crippen molar-refractivity contribution < 1.29 is 18.7 Å². The maximum absolute atomic E-state index is 12.5. The third kappa shape index (κ3) is 1.56. The summed E-state index contributed by atoms with van der Waals surface area (Å²) in [4.78, 5) is 13.8. The van der Waals surface area contributed by atoms with Crippen LogP contribution < -0.4 is 0 Å². The standard InChI is InChI=1S/C9H6FNO3/c10-9-11-6-3-5(4-8(12)13)1-2-7(6)14-9/h1-3H,4H2,(H,12,13). The molecule has 2 rings (SSSR count). The number of nitrogens with zero attached hydrogens (tertiary/aromatic N) is 1. The first kappa shape index (κ1) is 8.68. The highest BCUT2D eigenvalue weighted by Crippen LogP contribution is 2.16. The van der Waals surface area contributed by atoms with Crippen LogP contribution in [0.15, 0.2) is 22.6 Å². The van der Waals surface area contributed by atoms with Gasteiger partial charge in [-0.15, -0.1) is 4.39 Å². The van der Waals surface area contributed by atoms with Crippen molar-refractivity contribution in [1.82, 2.24) is 4.98 Å². The van der Waals surface area contributed by atoms with Crippen LogP contribution >= 0.6 is 0 Å². The molecule has 2 aromatic rings. The highest BCUT2D eigenvalue weighted by molar-refractivity contribution is 5.76. The Kier molecular flexibility index (Phi) is 1.92. The number of carboxylic acids is 1. The van der Waals surface area contributed by atoms with E-state index in [0.717, 1.165) is 0 Å². The number of aromatic nitrogens is 1. The van der Waals surface area contributed by atoms with Gasteiger partial charge < -0.3 is 9.52 Å². The van der Waals surface area contributed by atoms with E-state index in [4.69, 9.17) is 5.11 Å². The lowest BCUT2D eigenvalue weighted by atomic mass is 10.1. The molecule has 1 heterocycles. The van der Waals surface area contributed by atoms with Crippen LogP contribution in [0.3, 0.4) is 0 Å². The Morgan fingerprint density at radius 1 is 1.57 bits per heavy atom. The molecule has 0 fully saturated rings. The molecule has 4 nitrogen and oxygen atoms in total. The van der Waals surface area contributed by atoms with Gasteiger partial charge in [0.2, 0.25) is 0 Å². The third-order valence-electron chi connectivity index (χ3n) is 1.78. The molecule has 0 aliphatic heterocycles. The van der Waals surface area contributed by atoms with Gasteiger partial charge >= 0.3 is 12.1 Å². The lowest BCUT2D eigenvalue weighted by Gasteiger charge is -1.94. The van der Waals surface area contributed by atoms with Gasteiger partial charge in [-0.1, -0.05) is 6.07 Å². The molecule has 0 spiro atoms. The number of benzene rings is 1. The van der Waals surface area contributed by atoms with Crippen LogP contribution in [0.1, 0.15) is 5.56 Å². The zero-order valence-corrected chi connectivity index (χ0v) is 7.03. The highest BCUT2D eigenvalue weighted by atomic mass is 19.1. The van der Waals surface area contributed by atoms with E-state index in [0.29, 0.717) is 16.7 Å². The van der Waals surface area contributed by atoms with E-state index in [2.05, 4.69) is 9.40 Å². The first-order valence-electron chi connectivity index (χ1n) is 3.92. The van der Waals surface area contributed by atoms with Crippen LogP contribution in [0.25, 0.3) is 11.1 Å². The van der Waals surface area contributed by atoms with E-state index >= 15 is 0 Å². The zero-order valence-electron chi connectivity index (χ0n) is 7.03. The number of oxazole rings is 1. The topological polar surface area (TPSA) is 63.3 Å². The number of carboxylic acid groups (broad SMARTS) is 1. The average molecular weight is 195 g/mol. The molecule has 0 bridgehead atoms. The quantitative estimate of drug-likeness (QED) is 0.790. The summed E-state index contributed by atoms with van der Waals surface area (Å²) < 4.78 is 17.1. The smallest absolute Gasteiger partial charge is 0.382 e. The predicted octanol–water partition coefficient (Wildman–Crippen LogP) is 1.59. The summed E-state index contributed by atoms with van der Waals surface area (Å²) in [7, 11) is 0. The van der Waals surface area contributed by atoms with Crippen LogP contribution in [0.2, 0.25) is 0 Å². The molecule has 14 heavy (non-hydrogen) atoms. The van der Waals surface area contributed by atoms with Crippen molar-refractivity contribution in [1.29, 1.82) is 0 Å². The predicted molar refractivity (Wildman–Crippen MR) is 45.3 cm³/mol. The van der Waals surface area contributed by atoms with Gasteiger partial charge in [0.25, 0.3) is 0 Å². The maximum Gasteiger partial charge on any atom is 0.382 e. The number of halogens is 1. The summed E-state index contributed by atoms with van der Waals surface area (Å²) in [6.07, 6.45) is -1.02. The molecule has 5 heteroatoms. The fourth-order valence-corrected chi connectivity index (χ4v) is 1.23. The Balaban J connectivity index is 2.45. The molecule has 1 aromatic heterocycles. The number of hydrogen-bond donors (Lipinski definition) is 1. The van der Waals surface area contributed by atoms with Gasteiger partial charge in [-0.25, -0.2) is 0 Å². The van der Waals surface area contributed by atoms with Crippen LogP contribution in [0, 0.1) is 6.14 Å². The molecule has 72 valence electrons. The summed E-state index contributed by atoms with van der Waals surface area (Å²) in [5, 5.41) is 8.53. The van der Waals surface area contributed by atoms with Crippen molar-refractivity contribution in [3.05, 3.63) is 29.9 Å². The van der Waals surface area contributed by atoms with Crippen molar-refractivity contribution in [3.8, 4) is 0 Å². The SMILES string of the molecule is O=C(O)Cc1ccc2oc(F)nc2c1. The second kappa shape index (κ2) is 3.10. The van der Waals surface area contributed by atoms with Crippen molar-refractivity contribution in [2.24, 2.45) is 0 Å². The number of hydrogen-bond acceptors (Lipinski definition) is 3. The summed E-state index contributed by atoms with van der Waals surface area (Å²) >= 11 is 0. The minimum absolute atomic E-state index is 0.107. The fraction of sp³-hybridized carbons (Fsp3) is 0.111. The number of rotatable bonds is 2. The second-order valence-electron chi connectivity index (χ2n) is 2.84. The summed E-state index contributed by atoms with van der Waals surface area (Å²) in [5.74, 6) is -0.937. The molecule has 0 atom stereocenters. The largest absolute Gasteiger partial charge is 0.481 e. The van der Waals surface area contributed by atoms with Gasteiger partial charge in [-0.3, -0.25) is 4.79 Å². The molecule has 1 aromatic carbocycles. The van der Waals surface area contributed by atoms with Crippen LogP contribution in [0.5, 0.6) is 0 Å². The zero-order chi connectivity index (χ0) is 10.1. The maximum atomic E-state index is 12.5. The van der Waals surface area contributed by atoms with Gasteiger partial charge in [0.1, 0.15) is 5.52 Å². The molecule has 1 N–H and O–H groups in total. The molecule has 0 radical (unpaired) electrons. The average Bonchev–Trinajstić information content (AvgIpc) is 2.42. The van der Waals surface area contributed by atoms with E-state index in [-0.39, 0.29) is 6.42 Å². The van der Waals surface area contributed by atoms with Gasteiger partial charge in [0.15, 0.2) is 5.58 Å². The molecule has 0 unspecified atom stereocenters. The molecule has 0 amide bonds. The van der Waals surface area contributed by atoms with Crippen molar-refractivity contribution in [2.45, 2.75) is 6.42 Å². The van der Waals surface area contributed by atoms with Crippen molar-refractivity contribution in [3.63, 3.8) is 0 Å². The van der Waals surface area contributed by atoms with E-state index in [1.165, 1.54) is 12.1 Å². The molecular formula is C9H6FNO3. The summed E-state index contributed by atoms with van der Waals surface area (Å²) in [6.45, 7) is 0. The fourth-order valence-electron chi connectivity index (χ4n) is 1.23. The minimum Gasteiger partial charge on any atom is -0.481 e. The van der Waals surface area contributed by atoms with E-state index in [1.807, 2.05) is 0 Å². The number of aliphatic carboxylic acids is 1. The third-order valence-corrected chi connectivity index (χ3v) is 1.78. The lowest BCUT2D eigenvalue weighted by molar-refractivity contribution is -0.136. The van der Waals surface area contributed by atoms with Gasteiger partial charge in [-0.2, -0.15) is 4.98 Å².